The van der Waals surface area contributed by atoms with Crippen molar-refractivity contribution in [2.45, 2.75) is 91.9 Å². The number of rotatable bonds is 2. The second-order valence-corrected chi connectivity index (χ2v) is 11.6. The minimum absolute atomic E-state index is 0.207. The van der Waals surface area contributed by atoms with E-state index < -0.39 is 5.60 Å². The molecule has 3 aliphatic rings. The summed E-state index contributed by atoms with van der Waals surface area (Å²) in [5.74, 6) is 1.10. The third-order valence-electron chi connectivity index (χ3n) is 7.56. The van der Waals surface area contributed by atoms with Gasteiger partial charge in [-0.15, -0.1) is 0 Å². The van der Waals surface area contributed by atoms with Gasteiger partial charge < -0.3 is 19.3 Å². The lowest BCUT2D eigenvalue weighted by atomic mass is 9.86. The van der Waals surface area contributed by atoms with Gasteiger partial charge in [0.25, 0.3) is 0 Å². The van der Waals surface area contributed by atoms with Gasteiger partial charge in [0.15, 0.2) is 0 Å². The summed E-state index contributed by atoms with van der Waals surface area (Å²) < 4.78 is 12.3. The molecule has 4 rings (SSSR count). The first-order valence-electron chi connectivity index (χ1n) is 12.7. The first-order chi connectivity index (χ1) is 15.4. The zero-order chi connectivity index (χ0) is 24.1. The summed E-state index contributed by atoms with van der Waals surface area (Å²) in [6.45, 7) is 22.3. The van der Waals surface area contributed by atoms with Crippen LogP contribution in [0.25, 0.3) is 0 Å². The minimum atomic E-state index is -0.464. The van der Waals surface area contributed by atoms with Crippen molar-refractivity contribution in [2.24, 2.45) is 0 Å². The van der Waals surface area contributed by atoms with Gasteiger partial charge >= 0.3 is 6.09 Å². The van der Waals surface area contributed by atoms with Gasteiger partial charge in [-0.1, -0.05) is 6.42 Å². The molecule has 0 aliphatic carbocycles. The van der Waals surface area contributed by atoms with E-state index in [0.29, 0.717) is 13.1 Å². The molecule has 3 heterocycles. The fourth-order valence-corrected chi connectivity index (χ4v) is 5.97. The molecule has 0 aromatic heterocycles. The van der Waals surface area contributed by atoms with Crippen LogP contribution in [0.5, 0.6) is 5.75 Å². The molecule has 2 saturated heterocycles. The number of piperazine rings is 1. The maximum atomic E-state index is 12.6. The average Bonchev–Trinajstić information content (AvgIpc) is 3.03. The third kappa shape index (κ3) is 4.55. The highest BCUT2D eigenvalue weighted by Crippen LogP contribution is 2.53. The zero-order valence-corrected chi connectivity index (χ0v) is 22.0. The Morgan fingerprint density at radius 1 is 0.909 bits per heavy atom. The Hall–Kier alpha value is -1.95. The second-order valence-electron chi connectivity index (χ2n) is 11.6. The number of fused-ring (bicyclic) bond motifs is 1. The van der Waals surface area contributed by atoms with Crippen LogP contribution in [0.2, 0.25) is 0 Å². The number of anilines is 1. The van der Waals surface area contributed by atoms with E-state index in [1.807, 2.05) is 25.7 Å². The number of amides is 1. The van der Waals surface area contributed by atoms with Gasteiger partial charge in [-0.2, -0.15) is 0 Å². The second kappa shape index (κ2) is 8.68. The van der Waals surface area contributed by atoms with Gasteiger partial charge in [0.1, 0.15) is 17.0 Å². The van der Waals surface area contributed by atoms with Crippen LogP contribution in [0.3, 0.4) is 0 Å². The van der Waals surface area contributed by atoms with Crippen LogP contribution in [0.1, 0.15) is 82.2 Å². The Morgan fingerprint density at radius 2 is 1.52 bits per heavy atom. The van der Waals surface area contributed by atoms with Crippen LogP contribution in [-0.2, 0) is 4.74 Å². The molecule has 0 spiro atoms. The Morgan fingerprint density at radius 3 is 2.09 bits per heavy atom. The number of piperidine rings is 1. The van der Waals surface area contributed by atoms with Crippen LogP contribution >= 0.6 is 0 Å². The standard InChI is InChI=1S/C27H43N3O3/c1-18-19(2)23-21(24(27(7,8)32-23)29-12-10-9-11-13-29)20(3)22(18)28-14-16-30(17-15-28)25(31)33-26(4,5)6/h24H,9-17H2,1-8H3. The van der Waals surface area contributed by atoms with Crippen molar-refractivity contribution in [3.8, 4) is 5.75 Å². The van der Waals surface area contributed by atoms with Gasteiger partial charge in [0.2, 0.25) is 0 Å². The van der Waals surface area contributed by atoms with E-state index in [1.54, 1.807) is 0 Å². The summed E-state index contributed by atoms with van der Waals surface area (Å²) in [5, 5.41) is 0. The molecule has 1 aromatic rings. The van der Waals surface area contributed by atoms with Gasteiger partial charge in [0.05, 0.1) is 6.04 Å². The van der Waals surface area contributed by atoms with Crippen molar-refractivity contribution in [3.63, 3.8) is 0 Å². The molecule has 1 amide bonds. The zero-order valence-electron chi connectivity index (χ0n) is 22.0. The third-order valence-corrected chi connectivity index (χ3v) is 7.56. The summed E-state index contributed by atoms with van der Waals surface area (Å²) in [5.41, 5.74) is 5.91. The molecule has 6 nitrogen and oxygen atoms in total. The van der Waals surface area contributed by atoms with Gasteiger partial charge in [0, 0.05) is 37.4 Å². The minimum Gasteiger partial charge on any atom is -0.485 e. The first kappa shape index (κ1) is 24.2. The van der Waals surface area contributed by atoms with Crippen LogP contribution in [0.15, 0.2) is 0 Å². The largest absolute Gasteiger partial charge is 0.485 e. The van der Waals surface area contributed by atoms with Crippen LogP contribution < -0.4 is 9.64 Å². The fourth-order valence-electron chi connectivity index (χ4n) is 5.97. The predicted molar refractivity (Wildman–Crippen MR) is 134 cm³/mol. The summed E-state index contributed by atoms with van der Waals surface area (Å²) in [4.78, 5) is 19.5. The van der Waals surface area contributed by atoms with E-state index in [2.05, 4.69) is 44.4 Å². The van der Waals surface area contributed by atoms with E-state index >= 15 is 0 Å². The van der Waals surface area contributed by atoms with E-state index in [9.17, 15) is 4.79 Å². The van der Waals surface area contributed by atoms with Crippen molar-refractivity contribution in [3.05, 3.63) is 22.3 Å². The normalized spacial score (nSPS) is 23.3. The van der Waals surface area contributed by atoms with E-state index in [-0.39, 0.29) is 17.7 Å². The molecule has 0 radical (unpaired) electrons. The monoisotopic (exact) mass is 457 g/mol. The van der Waals surface area contributed by atoms with Crippen LogP contribution in [0, 0.1) is 20.8 Å². The molecule has 3 aliphatic heterocycles. The number of hydrogen-bond donors (Lipinski definition) is 0. The Balaban J connectivity index is 1.63. The van der Waals surface area contributed by atoms with E-state index in [4.69, 9.17) is 9.47 Å². The summed E-state index contributed by atoms with van der Waals surface area (Å²) in [7, 11) is 0. The molecule has 1 unspecified atom stereocenters. The van der Waals surface area contributed by atoms with E-state index in [1.165, 1.54) is 47.2 Å². The summed E-state index contributed by atoms with van der Waals surface area (Å²) in [6, 6.07) is 0.286. The number of likely N-dealkylation sites (tertiary alicyclic amines) is 1. The number of ether oxygens (including phenoxy) is 2. The van der Waals surface area contributed by atoms with Crippen LogP contribution in [-0.4, -0.2) is 66.4 Å². The van der Waals surface area contributed by atoms with Crippen molar-refractivity contribution in [1.29, 1.82) is 0 Å². The molecule has 0 saturated carbocycles. The van der Waals surface area contributed by atoms with Crippen LogP contribution in [0.4, 0.5) is 10.5 Å². The number of carbonyl (C=O) groups excluding carboxylic acids is 1. The molecule has 2 fully saturated rings. The lowest BCUT2D eigenvalue weighted by molar-refractivity contribution is 0.0193. The quantitative estimate of drug-likeness (QED) is 0.598. The summed E-state index contributed by atoms with van der Waals surface area (Å²) >= 11 is 0. The Labute approximate surface area is 200 Å². The highest BCUT2D eigenvalue weighted by molar-refractivity contribution is 5.72. The smallest absolute Gasteiger partial charge is 0.410 e. The molecule has 184 valence electrons. The van der Waals surface area contributed by atoms with Crippen molar-refractivity contribution < 1.29 is 14.3 Å². The Kier molecular flexibility index (Phi) is 6.36. The number of nitrogens with zero attached hydrogens (tertiary/aromatic N) is 3. The molecule has 6 heteroatoms. The lowest BCUT2D eigenvalue weighted by Gasteiger charge is -2.40. The molecule has 0 N–H and O–H groups in total. The highest BCUT2D eigenvalue weighted by Gasteiger charge is 2.47. The molecule has 0 bridgehead atoms. The first-order valence-corrected chi connectivity index (χ1v) is 12.7. The fraction of sp³-hybridized carbons (Fsp3) is 0.741. The van der Waals surface area contributed by atoms with E-state index in [0.717, 1.165) is 31.9 Å². The van der Waals surface area contributed by atoms with Crippen molar-refractivity contribution >= 4 is 11.8 Å². The number of carbonyl (C=O) groups is 1. The number of benzene rings is 1. The van der Waals surface area contributed by atoms with Crippen molar-refractivity contribution in [2.75, 3.05) is 44.2 Å². The predicted octanol–water partition coefficient (Wildman–Crippen LogP) is 5.37. The van der Waals surface area contributed by atoms with Gasteiger partial charge in [-0.3, -0.25) is 4.90 Å². The van der Waals surface area contributed by atoms with Gasteiger partial charge in [-0.05, 0) is 98.0 Å². The molecule has 33 heavy (non-hydrogen) atoms. The molecular formula is C27H43N3O3. The topological polar surface area (TPSA) is 45.3 Å². The molecule has 1 atom stereocenters. The SMILES string of the molecule is Cc1c(C)c(N2CCN(C(=O)OC(C)(C)C)CC2)c(C)c2c1OC(C)(C)C2N1CCCCC1. The maximum Gasteiger partial charge on any atom is 0.410 e. The summed E-state index contributed by atoms with van der Waals surface area (Å²) in [6.07, 6.45) is 3.66. The Bertz CT molecular complexity index is 904. The molecule has 1 aromatic carbocycles. The highest BCUT2D eigenvalue weighted by atomic mass is 16.6. The maximum absolute atomic E-state index is 12.6. The van der Waals surface area contributed by atoms with Gasteiger partial charge in [-0.25, -0.2) is 4.79 Å². The number of hydrogen-bond acceptors (Lipinski definition) is 5. The molecular weight excluding hydrogens is 414 g/mol. The average molecular weight is 458 g/mol. The van der Waals surface area contributed by atoms with Crippen molar-refractivity contribution in [1.82, 2.24) is 9.80 Å². The lowest BCUT2D eigenvalue weighted by Crippen LogP contribution is -2.50.